The van der Waals surface area contributed by atoms with Gasteiger partial charge in [0.1, 0.15) is 0 Å². The Labute approximate surface area is 109 Å². The van der Waals surface area contributed by atoms with Gasteiger partial charge in [-0.15, -0.1) is 13.2 Å². The molecule has 0 spiro atoms. The summed E-state index contributed by atoms with van der Waals surface area (Å²) >= 11 is 2.00. The summed E-state index contributed by atoms with van der Waals surface area (Å²) < 4.78 is 2.91. The Bertz CT molecular complexity index is 85.8. The average Bonchev–Trinajstić information content (AvgIpc) is 2.15. The molecule has 0 rings (SSSR count). The van der Waals surface area contributed by atoms with Crippen molar-refractivity contribution in [3.63, 3.8) is 0 Å². The molecule has 5 heteroatoms. The molecule has 1 atom stereocenters. The van der Waals surface area contributed by atoms with Crippen LogP contribution in [0.4, 0.5) is 0 Å². The fourth-order valence-electron chi connectivity index (χ4n) is 0.504. The van der Waals surface area contributed by atoms with E-state index in [1.165, 1.54) is 14.6 Å². The van der Waals surface area contributed by atoms with Crippen LogP contribution in [0.5, 0.6) is 0 Å². The van der Waals surface area contributed by atoms with Crippen LogP contribution in [0.25, 0.3) is 0 Å². The normalized spacial score (nSPS) is 10.1. The van der Waals surface area contributed by atoms with Crippen LogP contribution in [-0.2, 0) is 0 Å². The van der Waals surface area contributed by atoms with E-state index >= 15 is 0 Å². The average molecular weight is 342 g/mol. The Morgan fingerprint density at radius 2 is 1.67 bits per heavy atom. The number of hydrogen-bond donors (Lipinski definition) is 1. The molecule has 0 saturated carbocycles. The minimum absolute atomic E-state index is 0. The van der Waals surface area contributed by atoms with Gasteiger partial charge in [0, 0.05) is 0 Å². The van der Waals surface area contributed by atoms with Gasteiger partial charge in [0.2, 0.25) is 0 Å². The number of rotatable bonds is 5. The summed E-state index contributed by atoms with van der Waals surface area (Å²) in [6.45, 7) is 5.23. The first kappa shape index (κ1) is 21.3. The van der Waals surface area contributed by atoms with E-state index in [4.69, 9.17) is 15.9 Å². The number of thioether (sulfide) groups is 1. The molecule has 0 aromatic heterocycles. The van der Waals surface area contributed by atoms with E-state index in [1.807, 2.05) is 11.8 Å². The second kappa shape index (κ2) is 24.3. The third kappa shape index (κ3) is 51.6. The molecule has 15 heavy (non-hydrogen) atoms. The molecule has 0 aliphatic heterocycles. The summed E-state index contributed by atoms with van der Waals surface area (Å²) in [4.78, 5) is 0. The van der Waals surface area contributed by atoms with Crippen molar-refractivity contribution < 1.29 is 10.2 Å². The molecular formula is C10H25NO2SSn. The summed E-state index contributed by atoms with van der Waals surface area (Å²) in [7, 11) is 0. The maximum absolute atomic E-state index is 8.93. The van der Waals surface area contributed by atoms with E-state index in [1.54, 1.807) is 13.8 Å². The molecule has 92 valence electrons. The molecule has 3 nitrogen and oxygen atoms in total. The van der Waals surface area contributed by atoms with E-state index in [2.05, 4.69) is 13.2 Å². The van der Waals surface area contributed by atoms with Crippen LogP contribution in [0, 0.1) is 0 Å². The Kier molecular flexibility index (Phi) is 34.6. The van der Waals surface area contributed by atoms with Crippen molar-refractivity contribution in [2.45, 2.75) is 37.7 Å². The van der Waals surface area contributed by atoms with Crippen molar-refractivity contribution in [2.75, 3.05) is 23.2 Å². The quantitative estimate of drug-likeness (QED) is 0.560. The molecule has 0 aromatic rings. The zero-order valence-electron chi connectivity index (χ0n) is 10.4. The number of nitrogens with two attached hydrogens (primary N) is 1. The first-order chi connectivity index (χ1) is 7.10. The fourth-order valence-corrected chi connectivity index (χ4v) is 5.72. The molecular weight excluding hydrogens is 317 g/mol. The third-order valence-electron chi connectivity index (χ3n) is 1.02. The van der Waals surface area contributed by atoms with Crippen molar-refractivity contribution >= 4 is 32.9 Å². The van der Waals surface area contributed by atoms with Crippen molar-refractivity contribution in [2.24, 2.45) is 5.73 Å². The van der Waals surface area contributed by atoms with Gasteiger partial charge in [-0.05, 0) is 0 Å². The predicted octanol–water partition coefficient (Wildman–Crippen LogP) is -0.100. The summed E-state index contributed by atoms with van der Waals surface area (Å²) in [5.41, 5.74) is 5.60. The van der Waals surface area contributed by atoms with Crippen molar-refractivity contribution in [3.05, 3.63) is 0 Å². The van der Waals surface area contributed by atoms with Gasteiger partial charge in [0.05, 0.1) is 0 Å². The van der Waals surface area contributed by atoms with Gasteiger partial charge >= 0.3 is 72.5 Å². The van der Waals surface area contributed by atoms with Gasteiger partial charge in [-0.1, -0.05) is 13.8 Å². The Morgan fingerprint density at radius 1 is 1.27 bits per heavy atom. The standard InChI is InChI=1S/C4H10N.2C2H5O.C2H5S.Sn/c1-3-4(2)5;2*1-2-3;1-3-2;/h4H,1,3,5H2,2H3;2*2H2,1H3;1H2,2H3;/q;2*-1;;+2. The molecule has 0 aromatic carbocycles. The van der Waals surface area contributed by atoms with Gasteiger partial charge in [0.15, 0.2) is 0 Å². The molecule has 1 unspecified atom stereocenters. The van der Waals surface area contributed by atoms with Crippen molar-refractivity contribution in [1.29, 1.82) is 0 Å². The second-order valence-electron chi connectivity index (χ2n) is 2.78. The van der Waals surface area contributed by atoms with E-state index < -0.39 is 0 Å². The second-order valence-corrected chi connectivity index (χ2v) is 8.97. The van der Waals surface area contributed by atoms with Crippen molar-refractivity contribution in [3.8, 4) is 0 Å². The SMILES string of the molecule is CC[O-].CC[O-].CS[CH2][Sn+2][CH2]CC(C)N. The number of hydrogen-bond acceptors (Lipinski definition) is 4. The van der Waals surface area contributed by atoms with Crippen LogP contribution in [0.3, 0.4) is 0 Å². The van der Waals surface area contributed by atoms with Crippen LogP contribution in [-0.4, -0.2) is 50.4 Å². The molecule has 0 saturated heterocycles. The van der Waals surface area contributed by atoms with Gasteiger partial charge in [0.25, 0.3) is 0 Å². The van der Waals surface area contributed by atoms with Gasteiger partial charge in [-0.3, -0.25) is 0 Å². The molecule has 0 amide bonds. The molecule has 0 fully saturated rings. The summed E-state index contributed by atoms with van der Waals surface area (Å²) in [5.74, 6) is 0. The Balaban J connectivity index is -0.000000200. The van der Waals surface area contributed by atoms with Crippen molar-refractivity contribution in [1.82, 2.24) is 0 Å². The van der Waals surface area contributed by atoms with Gasteiger partial charge in [-0.2, -0.15) is 0 Å². The van der Waals surface area contributed by atoms with Gasteiger partial charge < -0.3 is 10.2 Å². The molecule has 2 N–H and O–H groups in total. The third-order valence-corrected chi connectivity index (χ3v) is 7.57. The van der Waals surface area contributed by atoms with Crippen LogP contribution in [0.2, 0.25) is 4.44 Å². The van der Waals surface area contributed by atoms with E-state index in [9.17, 15) is 0 Å². The fraction of sp³-hybridized carbons (Fsp3) is 1.00. The zero-order valence-corrected chi connectivity index (χ0v) is 14.1. The minimum atomic E-state index is 0. The molecule has 0 aliphatic rings. The molecule has 0 bridgehead atoms. The summed E-state index contributed by atoms with van der Waals surface area (Å²) in [6.07, 6.45) is 3.44. The first-order valence-corrected chi connectivity index (χ1v) is 10.6. The Hall–Kier alpha value is 1.03. The maximum atomic E-state index is 8.93. The van der Waals surface area contributed by atoms with Crippen LogP contribution in [0.15, 0.2) is 0 Å². The molecule has 0 radical (unpaired) electrons. The zero-order chi connectivity index (χ0) is 12.5. The monoisotopic (exact) mass is 343 g/mol. The van der Waals surface area contributed by atoms with Crippen LogP contribution < -0.4 is 15.9 Å². The van der Waals surface area contributed by atoms with E-state index in [0.29, 0.717) is 6.04 Å². The summed E-state index contributed by atoms with van der Waals surface area (Å²) in [5, 5.41) is 17.9. The Morgan fingerprint density at radius 3 is 1.93 bits per heavy atom. The summed E-state index contributed by atoms with van der Waals surface area (Å²) in [6, 6.07) is 0.438. The molecule has 0 heterocycles. The van der Waals surface area contributed by atoms with Crippen LogP contribution >= 0.6 is 11.8 Å². The predicted molar refractivity (Wildman–Crippen MR) is 68.3 cm³/mol. The topological polar surface area (TPSA) is 72.1 Å². The molecule has 0 aliphatic carbocycles. The van der Waals surface area contributed by atoms with Gasteiger partial charge in [-0.25, -0.2) is 0 Å². The van der Waals surface area contributed by atoms with Crippen LogP contribution in [0.1, 0.15) is 27.2 Å². The first-order valence-electron chi connectivity index (χ1n) is 5.21. The van der Waals surface area contributed by atoms with E-state index in [-0.39, 0.29) is 34.4 Å². The van der Waals surface area contributed by atoms with E-state index in [0.717, 1.165) is 0 Å².